The summed E-state index contributed by atoms with van der Waals surface area (Å²) >= 11 is 0. The highest BCUT2D eigenvalue weighted by molar-refractivity contribution is 5.69. The number of ether oxygens (including phenoxy) is 1. The summed E-state index contributed by atoms with van der Waals surface area (Å²) in [5.74, 6) is -0.240. The highest BCUT2D eigenvalue weighted by Crippen LogP contribution is 2.09. The third-order valence-corrected chi connectivity index (χ3v) is 1.18. The third-order valence-electron chi connectivity index (χ3n) is 1.18. The molecule has 0 atom stereocenters. The molecule has 0 rings (SSSR count). The zero-order valence-corrected chi connectivity index (χ0v) is 8.02. The molecular formula is C9H17FO2. The Morgan fingerprint density at radius 2 is 1.92 bits per heavy atom. The highest BCUT2D eigenvalue weighted by atomic mass is 19.1. The summed E-state index contributed by atoms with van der Waals surface area (Å²) in [5.41, 5.74) is -0.424. The number of halogens is 1. The van der Waals surface area contributed by atoms with E-state index < -0.39 is 5.60 Å². The van der Waals surface area contributed by atoms with E-state index in [1.165, 1.54) is 0 Å². The molecule has 0 bridgehead atoms. The van der Waals surface area contributed by atoms with Crippen molar-refractivity contribution in [2.75, 3.05) is 6.67 Å². The molecule has 0 aromatic rings. The lowest BCUT2D eigenvalue weighted by Crippen LogP contribution is -2.23. The summed E-state index contributed by atoms with van der Waals surface area (Å²) in [6.07, 6.45) is 1.34. The minimum atomic E-state index is -0.424. The molecule has 0 aliphatic carbocycles. The van der Waals surface area contributed by atoms with E-state index in [0.29, 0.717) is 19.3 Å². The second-order valence-corrected chi connectivity index (χ2v) is 3.73. The monoisotopic (exact) mass is 176 g/mol. The van der Waals surface area contributed by atoms with E-state index >= 15 is 0 Å². The predicted molar refractivity (Wildman–Crippen MR) is 45.7 cm³/mol. The van der Waals surface area contributed by atoms with E-state index in [0.717, 1.165) is 0 Å². The molecule has 72 valence electrons. The van der Waals surface area contributed by atoms with Crippen LogP contribution in [0.5, 0.6) is 0 Å². The fraction of sp³-hybridized carbons (Fsp3) is 0.889. The van der Waals surface area contributed by atoms with Gasteiger partial charge in [0.25, 0.3) is 0 Å². The van der Waals surface area contributed by atoms with Crippen LogP contribution in [0.4, 0.5) is 4.39 Å². The van der Waals surface area contributed by atoms with Crippen molar-refractivity contribution in [2.45, 2.75) is 45.6 Å². The Hall–Kier alpha value is -0.600. The first-order valence-corrected chi connectivity index (χ1v) is 4.23. The fourth-order valence-corrected chi connectivity index (χ4v) is 0.756. The van der Waals surface area contributed by atoms with Crippen molar-refractivity contribution in [3.05, 3.63) is 0 Å². The van der Waals surface area contributed by atoms with Crippen molar-refractivity contribution in [2.24, 2.45) is 0 Å². The van der Waals surface area contributed by atoms with Crippen molar-refractivity contribution in [1.82, 2.24) is 0 Å². The molecule has 0 aliphatic rings. The number of unbranched alkanes of at least 4 members (excludes halogenated alkanes) is 1. The van der Waals surface area contributed by atoms with Crippen LogP contribution >= 0.6 is 0 Å². The van der Waals surface area contributed by atoms with Gasteiger partial charge in [-0.2, -0.15) is 0 Å². The third kappa shape index (κ3) is 7.51. The molecule has 0 saturated carbocycles. The summed E-state index contributed by atoms with van der Waals surface area (Å²) in [5, 5.41) is 0. The van der Waals surface area contributed by atoms with Gasteiger partial charge in [0.2, 0.25) is 0 Å². The van der Waals surface area contributed by atoms with Crippen LogP contribution in [-0.4, -0.2) is 18.2 Å². The van der Waals surface area contributed by atoms with Crippen LogP contribution in [0.1, 0.15) is 40.0 Å². The second kappa shape index (κ2) is 5.12. The van der Waals surface area contributed by atoms with E-state index in [-0.39, 0.29) is 12.6 Å². The number of hydrogen-bond donors (Lipinski definition) is 0. The Morgan fingerprint density at radius 3 is 2.33 bits per heavy atom. The minimum absolute atomic E-state index is 0.240. The molecule has 0 heterocycles. The molecule has 0 radical (unpaired) electrons. The SMILES string of the molecule is CC(C)(C)OC(=O)CCCCF. The van der Waals surface area contributed by atoms with E-state index in [4.69, 9.17) is 4.74 Å². The smallest absolute Gasteiger partial charge is 0.306 e. The number of carbonyl (C=O) groups is 1. The summed E-state index contributed by atoms with van der Waals surface area (Å²) in [6.45, 7) is 5.10. The zero-order valence-electron chi connectivity index (χ0n) is 8.02. The maximum Gasteiger partial charge on any atom is 0.306 e. The van der Waals surface area contributed by atoms with Crippen LogP contribution in [0.2, 0.25) is 0 Å². The Morgan fingerprint density at radius 1 is 1.33 bits per heavy atom. The molecule has 0 amide bonds. The Labute approximate surface area is 73.1 Å². The van der Waals surface area contributed by atoms with Gasteiger partial charge in [0, 0.05) is 6.42 Å². The largest absolute Gasteiger partial charge is 0.460 e. The van der Waals surface area contributed by atoms with Gasteiger partial charge in [-0.15, -0.1) is 0 Å². The van der Waals surface area contributed by atoms with E-state index in [9.17, 15) is 9.18 Å². The van der Waals surface area contributed by atoms with Gasteiger partial charge < -0.3 is 4.74 Å². The average molecular weight is 176 g/mol. The molecule has 12 heavy (non-hydrogen) atoms. The van der Waals surface area contributed by atoms with Gasteiger partial charge >= 0.3 is 5.97 Å². The number of hydrogen-bond acceptors (Lipinski definition) is 2. The predicted octanol–water partition coefficient (Wildman–Crippen LogP) is 2.47. The lowest BCUT2D eigenvalue weighted by Gasteiger charge is -2.19. The number of carbonyl (C=O) groups excluding carboxylic acids is 1. The second-order valence-electron chi connectivity index (χ2n) is 3.73. The molecule has 3 heteroatoms. The van der Waals surface area contributed by atoms with Crippen molar-refractivity contribution in [3.8, 4) is 0 Å². The summed E-state index contributed by atoms with van der Waals surface area (Å²) in [4.78, 5) is 11.0. The first-order valence-electron chi connectivity index (χ1n) is 4.23. The first kappa shape index (κ1) is 11.4. The zero-order chi connectivity index (χ0) is 9.61. The summed E-state index contributed by atoms with van der Waals surface area (Å²) in [7, 11) is 0. The van der Waals surface area contributed by atoms with Crippen LogP contribution in [0, 0.1) is 0 Å². The van der Waals surface area contributed by atoms with Gasteiger partial charge in [-0.1, -0.05) is 0 Å². The standard InChI is InChI=1S/C9H17FO2/c1-9(2,3)12-8(11)6-4-5-7-10/h4-7H2,1-3H3. The Balaban J connectivity index is 3.47. The fourth-order valence-electron chi connectivity index (χ4n) is 0.756. The molecular weight excluding hydrogens is 159 g/mol. The molecule has 0 N–H and O–H groups in total. The number of rotatable bonds is 4. The Bertz CT molecular complexity index is 138. The van der Waals surface area contributed by atoms with Gasteiger partial charge in [-0.05, 0) is 33.6 Å². The van der Waals surface area contributed by atoms with Crippen LogP contribution < -0.4 is 0 Å². The van der Waals surface area contributed by atoms with Crippen molar-refractivity contribution >= 4 is 5.97 Å². The van der Waals surface area contributed by atoms with Gasteiger partial charge in [-0.25, -0.2) is 0 Å². The molecule has 0 aromatic heterocycles. The van der Waals surface area contributed by atoms with Gasteiger partial charge in [-0.3, -0.25) is 9.18 Å². The average Bonchev–Trinajstić information content (AvgIpc) is 1.84. The molecule has 0 saturated heterocycles. The maximum absolute atomic E-state index is 11.6. The van der Waals surface area contributed by atoms with Gasteiger partial charge in [0.05, 0.1) is 6.67 Å². The van der Waals surface area contributed by atoms with Gasteiger partial charge in [0.1, 0.15) is 5.60 Å². The number of esters is 1. The molecule has 0 aliphatic heterocycles. The molecule has 0 unspecified atom stereocenters. The normalized spacial score (nSPS) is 11.3. The lowest BCUT2D eigenvalue weighted by molar-refractivity contribution is -0.154. The Kier molecular flexibility index (Phi) is 4.86. The van der Waals surface area contributed by atoms with Crippen LogP contribution in [0.25, 0.3) is 0 Å². The summed E-state index contributed by atoms with van der Waals surface area (Å²) in [6, 6.07) is 0. The van der Waals surface area contributed by atoms with E-state index in [2.05, 4.69) is 0 Å². The number of alkyl halides is 1. The topological polar surface area (TPSA) is 26.3 Å². The molecule has 2 nitrogen and oxygen atoms in total. The van der Waals surface area contributed by atoms with Crippen molar-refractivity contribution in [1.29, 1.82) is 0 Å². The van der Waals surface area contributed by atoms with Crippen molar-refractivity contribution < 1.29 is 13.9 Å². The van der Waals surface area contributed by atoms with Crippen molar-refractivity contribution in [3.63, 3.8) is 0 Å². The van der Waals surface area contributed by atoms with Crippen LogP contribution in [-0.2, 0) is 9.53 Å². The first-order chi connectivity index (χ1) is 5.45. The minimum Gasteiger partial charge on any atom is -0.460 e. The summed E-state index contributed by atoms with van der Waals surface area (Å²) < 4.78 is 16.7. The lowest BCUT2D eigenvalue weighted by atomic mass is 10.2. The highest BCUT2D eigenvalue weighted by Gasteiger charge is 2.15. The maximum atomic E-state index is 11.6. The van der Waals surface area contributed by atoms with Crippen LogP contribution in [0.15, 0.2) is 0 Å². The molecule has 0 aromatic carbocycles. The quantitative estimate of drug-likeness (QED) is 0.486. The van der Waals surface area contributed by atoms with Crippen LogP contribution in [0.3, 0.4) is 0 Å². The van der Waals surface area contributed by atoms with E-state index in [1.54, 1.807) is 0 Å². The van der Waals surface area contributed by atoms with Gasteiger partial charge in [0.15, 0.2) is 0 Å². The van der Waals surface area contributed by atoms with E-state index in [1.807, 2.05) is 20.8 Å². The molecule has 0 fully saturated rings. The molecule has 0 spiro atoms.